The Hall–Kier alpha value is -3.16. The molecule has 8 nitrogen and oxygen atoms in total. The van der Waals surface area contributed by atoms with Crippen molar-refractivity contribution in [2.75, 3.05) is 30.3 Å². The van der Waals surface area contributed by atoms with Crippen molar-refractivity contribution in [2.45, 2.75) is 32.7 Å². The number of rotatable bonds is 5. The molecule has 0 bridgehead atoms. The quantitative estimate of drug-likeness (QED) is 0.823. The molecule has 1 aliphatic rings. The smallest absolute Gasteiger partial charge is 0.409 e. The Bertz CT molecular complexity index is 817. The lowest BCUT2D eigenvalue weighted by molar-refractivity contribution is -0.114. The van der Waals surface area contributed by atoms with Gasteiger partial charge in [0.2, 0.25) is 11.9 Å². The maximum atomic E-state index is 11.8. The highest BCUT2D eigenvalue weighted by atomic mass is 16.6. The molecule has 0 spiro atoms. The zero-order chi connectivity index (χ0) is 19.9. The van der Waals surface area contributed by atoms with E-state index in [-0.39, 0.29) is 18.0 Å². The fourth-order valence-corrected chi connectivity index (χ4v) is 3.12. The molecule has 1 saturated heterocycles. The van der Waals surface area contributed by atoms with Crippen LogP contribution in [0.15, 0.2) is 36.5 Å². The van der Waals surface area contributed by atoms with E-state index in [0.717, 1.165) is 29.8 Å². The van der Waals surface area contributed by atoms with Crippen LogP contribution >= 0.6 is 0 Å². The molecular formula is C20H25N5O3. The standard InChI is InChI=1S/C20H25N5O3/c1-3-28-20(27)25-12-9-17(10-13-25)23-19-21-11-8-18(24-19)15-4-6-16(7-5-15)22-14(2)26/h4-8,11,17H,3,9-10,12-13H2,1-2H3,(H,22,26)(H,21,23,24). The third kappa shape index (κ3) is 5.18. The first-order valence-electron chi connectivity index (χ1n) is 9.44. The van der Waals surface area contributed by atoms with Crippen molar-refractivity contribution >= 4 is 23.6 Å². The summed E-state index contributed by atoms with van der Waals surface area (Å²) in [6.45, 7) is 4.99. The Labute approximate surface area is 164 Å². The van der Waals surface area contributed by atoms with Crippen LogP contribution in [-0.4, -0.2) is 52.6 Å². The molecule has 0 unspecified atom stereocenters. The minimum atomic E-state index is -0.248. The van der Waals surface area contributed by atoms with Crippen molar-refractivity contribution in [3.05, 3.63) is 36.5 Å². The molecule has 1 aromatic carbocycles. The summed E-state index contributed by atoms with van der Waals surface area (Å²) in [4.78, 5) is 33.5. The number of hydrogen-bond acceptors (Lipinski definition) is 6. The van der Waals surface area contributed by atoms with E-state index in [1.54, 1.807) is 11.1 Å². The second kappa shape index (κ2) is 9.16. The molecule has 0 aliphatic carbocycles. The largest absolute Gasteiger partial charge is 0.450 e. The topological polar surface area (TPSA) is 96.5 Å². The monoisotopic (exact) mass is 383 g/mol. The van der Waals surface area contributed by atoms with Gasteiger partial charge in [0.25, 0.3) is 0 Å². The minimum Gasteiger partial charge on any atom is -0.450 e. The number of ether oxygens (including phenoxy) is 1. The van der Waals surface area contributed by atoms with Crippen LogP contribution in [0.4, 0.5) is 16.4 Å². The number of carbonyl (C=O) groups is 2. The van der Waals surface area contributed by atoms with Gasteiger partial charge in [-0.25, -0.2) is 14.8 Å². The van der Waals surface area contributed by atoms with E-state index in [0.29, 0.717) is 25.6 Å². The number of amides is 2. The van der Waals surface area contributed by atoms with Gasteiger partial charge >= 0.3 is 6.09 Å². The molecular weight excluding hydrogens is 358 g/mol. The Morgan fingerprint density at radius 3 is 2.54 bits per heavy atom. The number of benzene rings is 1. The molecule has 8 heteroatoms. The number of hydrogen-bond donors (Lipinski definition) is 2. The summed E-state index contributed by atoms with van der Waals surface area (Å²) in [6.07, 6.45) is 3.11. The normalized spacial score (nSPS) is 14.4. The molecule has 2 heterocycles. The van der Waals surface area contributed by atoms with Crippen molar-refractivity contribution in [1.29, 1.82) is 0 Å². The van der Waals surface area contributed by atoms with E-state index in [9.17, 15) is 9.59 Å². The van der Waals surface area contributed by atoms with Gasteiger partial charge in [-0.1, -0.05) is 12.1 Å². The molecule has 0 saturated carbocycles. The average molecular weight is 383 g/mol. The van der Waals surface area contributed by atoms with Crippen LogP contribution in [0.2, 0.25) is 0 Å². The first kappa shape index (κ1) is 19.6. The number of carbonyl (C=O) groups excluding carboxylic acids is 2. The van der Waals surface area contributed by atoms with Crippen molar-refractivity contribution in [2.24, 2.45) is 0 Å². The van der Waals surface area contributed by atoms with E-state index in [2.05, 4.69) is 20.6 Å². The molecule has 148 valence electrons. The molecule has 1 fully saturated rings. The Kier molecular flexibility index (Phi) is 6.41. The summed E-state index contributed by atoms with van der Waals surface area (Å²) >= 11 is 0. The van der Waals surface area contributed by atoms with Gasteiger partial charge in [0.05, 0.1) is 12.3 Å². The maximum Gasteiger partial charge on any atom is 0.409 e. The van der Waals surface area contributed by atoms with Gasteiger partial charge < -0.3 is 20.3 Å². The van der Waals surface area contributed by atoms with Gasteiger partial charge in [-0.15, -0.1) is 0 Å². The number of likely N-dealkylation sites (tertiary alicyclic amines) is 1. The van der Waals surface area contributed by atoms with Crippen LogP contribution in [0.5, 0.6) is 0 Å². The third-order valence-electron chi connectivity index (χ3n) is 4.51. The summed E-state index contributed by atoms with van der Waals surface area (Å²) < 4.78 is 5.05. The molecule has 2 amide bonds. The number of nitrogens with one attached hydrogen (secondary N) is 2. The fraction of sp³-hybridized carbons (Fsp3) is 0.400. The SMILES string of the molecule is CCOC(=O)N1CCC(Nc2nccc(-c3ccc(NC(C)=O)cc3)n2)CC1. The lowest BCUT2D eigenvalue weighted by Crippen LogP contribution is -2.42. The lowest BCUT2D eigenvalue weighted by atomic mass is 10.1. The van der Waals surface area contributed by atoms with Crippen LogP contribution in [0.1, 0.15) is 26.7 Å². The first-order valence-corrected chi connectivity index (χ1v) is 9.44. The molecule has 1 aliphatic heterocycles. The summed E-state index contributed by atoms with van der Waals surface area (Å²) in [6, 6.07) is 9.57. The van der Waals surface area contributed by atoms with Crippen molar-refractivity contribution in [1.82, 2.24) is 14.9 Å². The summed E-state index contributed by atoms with van der Waals surface area (Å²) in [5.41, 5.74) is 2.49. The number of aromatic nitrogens is 2. The van der Waals surface area contributed by atoms with Gasteiger partial charge in [-0.05, 0) is 38.0 Å². The fourth-order valence-electron chi connectivity index (χ4n) is 3.12. The molecule has 3 rings (SSSR count). The summed E-state index contributed by atoms with van der Waals surface area (Å²) in [5.74, 6) is 0.466. The zero-order valence-corrected chi connectivity index (χ0v) is 16.1. The van der Waals surface area contributed by atoms with Crippen molar-refractivity contribution in [3.63, 3.8) is 0 Å². The number of piperidine rings is 1. The first-order chi connectivity index (χ1) is 13.5. The molecule has 28 heavy (non-hydrogen) atoms. The second-order valence-corrected chi connectivity index (χ2v) is 6.63. The molecule has 2 N–H and O–H groups in total. The molecule has 0 atom stereocenters. The second-order valence-electron chi connectivity index (χ2n) is 6.63. The van der Waals surface area contributed by atoms with Gasteiger partial charge in [0.1, 0.15) is 0 Å². The van der Waals surface area contributed by atoms with E-state index in [4.69, 9.17) is 4.74 Å². The van der Waals surface area contributed by atoms with Crippen LogP contribution < -0.4 is 10.6 Å². The van der Waals surface area contributed by atoms with Gasteiger partial charge in [-0.2, -0.15) is 0 Å². The van der Waals surface area contributed by atoms with E-state index in [1.807, 2.05) is 37.3 Å². The van der Waals surface area contributed by atoms with Gasteiger partial charge in [-0.3, -0.25) is 4.79 Å². The average Bonchev–Trinajstić information content (AvgIpc) is 2.69. The number of anilines is 2. The highest BCUT2D eigenvalue weighted by Gasteiger charge is 2.23. The maximum absolute atomic E-state index is 11.8. The lowest BCUT2D eigenvalue weighted by Gasteiger charge is -2.31. The van der Waals surface area contributed by atoms with Crippen LogP contribution in [0.3, 0.4) is 0 Å². The zero-order valence-electron chi connectivity index (χ0n) is 16.1. The predicted molar refractivity (Wildman–Crippen MR) is 107 cm³/mol. The Morgan fingerprint density at radius 2 is 1.89 bits per heavy atom. The predicted octanol–water partition coefficient (Wildman–Crippen LogP) is 3.13. The molecule has 1 aromatic heterocycles. The molecule has 0 radical (unpaired) electrons. The summed E-state index contributed by atoms with van der Waals surface area (Å²) in [7, 11) is 0. The highest BCUT2D eigenvalue weighted by Crippen LogP contribution is 2.21. The van der Waals surface area contributed by atoms with Gasteiger partial charge in [0, 0.05) is 43.5 Å². The van der Waals surface area contributed by atoms with Crippen LogP contribution in [0.25, 0.3) is 11.3 Å². The van der Waals surface area contributed by atoms with Gasteiger partial charge in [0.15, 0.2) is 0 Å². The van der Waals surface area contributed by atoms with Crippen molar-refractivity contribution < 1.29 is 14.3 Å². The Balaban J connectivity index is 1.60. The van der Waals surface area contributed by atoms with E-state index >= 15 is 0 Å². The number of nitrogens with zero attached hydrogens (tertiary/aromatic N) is 3. The minimum absolute atomic E-state index is 0.102. The van der Waals surface area contributed by atoms with Crippen LogP contribution in [-0.2, 0) is 9.53 Å². The van der Waals surface area contributed by atoms with Crippen LogP contribution in [0, 0.1) is 0 Å². The summed E-state index contributed by atoms with van der Waals surface area (Å²) in [5, 5.41) is 6.11. The van der Waals surface area contributed by atoms with Crippen molar-refractivity contribution in [3.8, 4) is 11.3 Å². The highest BCUT2D eigenvalue weighted by molar-refractivity contribution is 5.88. The van der Waals surface area contributed by atoms with E-state index < -0.39 is 0 Å². The van der Waals surface area contributed by atoms with E-state index in [1.165, 1.54) is 6.92 Å². The third-order valence-corrected chi connectivity index (χ3v) is 4.51. The Morgan fingerprint density at radius 1 is 1.18 bits per heavy atom. The molecule has 2 aromatic rings.